The number of hydrogen-bond donors (Lipinski definition) is 0. The molecular weight excluding hydrogens is 423 g/mol. The number of rotatable bonds is 6. The number of benzene rings is 2. The van der Waals surface area contributed by atoms with Crippen molar-refractivity contribution in [3.63, 3.8) is 0 Å². The van der Waals surface area contributed by atoms with Crippen LogP contribution in [-0.2, 0) is 0 Å². The first-order chi connectivity index (χ1) is 15.5. The van der Waals surface area contributed by atoms with Crippen molar-refractivity contribution in [2.24, 2.45) is 17.8 Å². The highest BCUT2D eigenvalue weighted by Crippen LogP contribution is 2.44. The minimum atomic E-state index is -0.533. The molecule has 0 amide bonds. The molecule has 4 heteroatoms. The van der Waals surface area contributed by atoms with Crippen LogP contribution in [0.4, 0.5) is 4.39 Å². The van der Waals surface area contributed by atoms with E-state index in [-0.39, 0.29) is 10.8 Å². The summed E-state index contributed by atoms with van der Waals surface area (Å²) in [4.78, 5) is 12.4. The van der Waals surface area contributed by atoms with Crippen LogP contribution in [0.25, 0.3) is 0 Å². The molecule has 4 rings (SSSR count). The predicted octanol–water partition coefficient (Wildman–Crippen LogP) is 8.58. The average molecular weight is 457 g/mol. The number of hydrogen-bond acceptors (Lipinski definition) is 2. The van der Waals surface area contributed by atoms with E-state index in [0.717, 1.165) is 17.8 Å². The van der Waals surface area contributed by atoms with Gasteiger partial charge in [0.2, 0.25) is 0 Å². The molecule has 2 fully saturated rings. The van der Waals surface area contributed by atoms with E-state index < -0.39 is 11.8 Å². The lowest BCUT2D eigenvalue weighted by atomic mass is 9.68. The van der Waals surface area contributed by atoms with Crippen LogP contribution < -0.4 is 4.74 Å². The van der Waals surface area contributed by atoms with Crippen molar-refractivity contribution in [3.8, 4) is 5.75 Å². The van der Waals surface area contributed by atoms with Gasteiger partial charge >= 0.3 is 5.97 Å². The summed E-state index contributed by atoms with van der Waals surface area (Å²) in [5, 5.41) is -0.0599. The quantitative estimate of drug-likeness (QED) is 0.321. The maximum Gasteiger partial charge on any atom is 0.343 e. The second-order valence-electron chi connectivity index (χ2n) is 9.77. The lowest BCUT2D eigenvalue weighted by Crippen LogP contribution is -2.25. The Labute approximate surface area is 196 Å². The smallest absolute Gasteiger partial charge is 0.343 e. The summed E-state index contributed by atoms with van der Waals surface area (Å²) in [6, 6.07) is 11.7. The first-order valence-corrected chi connectivity index (χ1v) is 12.7. The highest BCUT2D eigenvalue weighted by molar-refractivity contribution is 6.30. The summed E-state index contributed by atoms with van der Waals surface area (Å²) in [5.41, 5.74) is 1.81. The van der Waals surface area contributed by atoms with E-state index in [1.165, 1.54) is 88.0 Å². The van der Waals surface area contributed by atoms with E-state index >= 15 is 0 Å². The first kappa shape index (κ1) is 23.3. The number of halogens is 2. The van der Waals surface area contributed by atoms with Gasteiger partial charge in [0.25, 0.3) is 0 Å². The van der Waals surface area contributed by atoms with Crippen molar-refractivity contribution >= 4 is 17.6 Å². The first-order valence-electron chi connectivity index (χ1n) is 12.3. The third kappa shape index (κ3) is 5.73. The van der Waals surface area contributed by atoms with Gasteiger partial charge in [-0.05, 0) is 92.0 Å². The molecule has 0 spiro atoms. The van der Waals surface area contributed by atoms with E-state index in [1.807, 2.05) is 12.1 Å². The lowest BCUT2D eigenvalue weighted by molar-refractivity contribution is 0.0734. The Kier molecular flexibility index (Phi) is 7.88. The second kappa shape index (κ2) is 10.8. The van der Waals surface area contributed by atoms with Gasteiger partial charge in [-0.1, -0.05) is 56.3 Å². The molecule has 0 bridgehead atoms. The van der Waals surface area contributed by atoms with Crippen LogP contribution in [0, 0.1) is 23.6 Å². The summed E-state index contributed by atoms with van der Waals surface area (Å²) >= 11 is 5.76. The summed E-state index contributed by atoms with van der Waals surface area (Å²) in [5.74, 6) is 2.68. The number of carbonyl (C=O) groups is 1. The van der Waals surface area contributed by atoms with Crippen LogP contribution in [-0.4, -0.2) is 5.97 Å². The standard InChI is InChI=1S/C28H34ClFO2/c1-2-3-19-4-6-20(7-5-19)21-8-10-22(11-9-21)23-12-14-24(15-13-23)28(31)32-25-16-17-27(30)26(29)18-25/h12-22H,2-11H2,1H3. The molecular formula is C28H34ClFO2. The molecule has 2 aromatic carbocycles. The van der Waals surface area contributed by atoms with Gasteiger partial charge < -0.3 is 4.74 Å². The lowest BCUT2D eigenvalue weighted by Gasteiger charge is -2.38. The summed E-state index contributed by atoms with van der Waals surface area (Å²) in [7, 11) is 0. The normalized spacial score (nSPS) is 26.0. The van der Waals surface area contributed by atoms with Crippen LogP contribution in [0.15, 0.2) is 42.5 Å². The molecule has 0 saturated heterocycles. The van der Waals surface area contributed by atoms with Gasteiger partial charge in [0, 0.05) is 6.07 Å². The van der Waals surface area contributed by atoms with Crippen LogP contribution in [0.2, 0.25) is 5.02 Å². The molecule has 2 aromatic rings. The number of ether oxygens (including phenoxy) is 1. The van der Waals surface area contributed by atoms with Crippen LogP contribution >= 0.6 is 11.6 Å². The molecule has 0 heterocycles. The Bertz CT molecular complexity index is 894. The topological polar surface area (TPSA) is 26.3 Å². The van der Waals surface area contributed by atoms with E-state index in [1.54, 1.807) is 0 Å². The monoisotopic (exact) mass is 456 g/mol. The molecule has 0 N–H and O–H groups in total. The van der Waals surface area contributed by atoms with E-state index in [9.17, 15) is 9.18 Å². The van der Waals surface area contributed by atoms with Crippen LogP contribution in [0.3, 0.4) is 0 Å². The number of esters is 1. The number of carbonyl (C=O) groups excluding carboxylic acids is 1. The van der Waals surface area contributed by atoms with E-state index in [2.05, 4.69) is 19.1 Å². The molecule has 0 atom stereocenters. The zero-order valence-corrected chi connectivity index (χ0v) is 19.8. The average Bonchev–Trinajstić information content (AvgIpc) is 2.82. The summed E-state index contributed by atoms with van der Waals surface area (Å²) in [6.45, 7) is 2.31. The van der Waals surface area contributed by atoms with Crippen molar-refractivity contribution < 1.29 is 13.9 Å². The fourth-order valence-corrected chi connectivity index (χ4v) is 6.05. The predicted molar refractivity (Wildman–Crippen MR) is 128 cm³/mol. The third-order valence-electron chi connectivity index (χ3n) is 7.75. The van der Waals surface area contributed by atoms with Crippen molar-refractivity contribution in [3.05, 3.63) is 64.4 Å². The molecule has 0 unspecified atom stereocenters. The second-order valence-corrected chi connectivity index (χ2v) is 10.2. The van der Waals surface area contributed by atoms with Crippen molar-refractivity contribution in [2.75, 3.05) is 0 Å². The Morgan fingerprint density at radius 2 is 1.56 bits per heavy atom. The Hall–Kier alpha value is -1.87. The zero-order chi connectivity index (χ0) is 22.5. The SMILES string of the molecule is CCCC1CCC(C2CCC(c3ccc(C(=O)Oc4ccc(F)c(Cl)c4)cc3)CC2)CC1. The van der Waals surface area contributed by atoms with Gasteiger partial charge in [0.1, 0.15) is 11.6 Å². The molecule has 2 aliphatic carbocycles. The molecule has 32 heavy (non-hydrogen) atoms. The van der Waals surface area contributed by atoms with Gasteiger partial charge in [0.05, 0.1) is 10.6 Å². The Morgan fingerprint density at radius 1 is 0.938 bits per heavy atom. The van der Waals surface area contributed by atoms with Crippen molar-refractivity contribution in [2.45, 2.75) is 77.0 Å². The van der Waals surface area contributed by atoms with Crippen molar-refractivity contribution in [1.82, 2.24) is 0 Å². The molecule has 172 valence electrons. The summed E-state index contributed by atoms with van der Waals surface area (Å²) in [6.07, 6.45) is 13.7. The zero-order valence-electron chi connectivity index (χ0n) is 19.0. The largest absolute Gasteiger partial charge is 0.423 e. The van der Waals surface area contributed by atoms with Gasteiger partial charge in [-0.2, -0.15) is 0 Å². The van der Waals surface area contributed by atoms with Gasteiger partial charge in [0.15, 0.2) is 0 Å². The fourth-order valence-electron chi connectivity index (χ4n) is 5.88. The molecule has 2 aliphatic rings. The van der Waals surface area contributed by atoms with Crippen molar-refractivity contribution in [1.29, 1.82) is 0 Å². The molecule has 0 aromatic heterocycles. The molecule has 0 aliphatic heterocycles. The molecule has 2 nitrogen and oxygen atoms in total. The molecule has 0 radical (unpaired) electrons. The minimum absolute atomic E-state index is 0.0599. The maximum absolute atomic E-state index is 13.3. The maximum atomic E-state index is 13.3. The fraction of sp³-hybridized carbons (Fsp3) is 0.536. The Balaban J connectivity index is 1.27. The third-order valence-corrected chi connectivity index (χ3v) is 8.04. The summed E-state index contributed by atoms with van der Waals surface area (Å²) < 4.78 is 18.6. The highest BCUT2D eigenvalue weighted by Gasteiger charge is 2.31. The van der Waals surface area contributed by atoms with Crippen LogP contribution in [0.5, 0.6) is 5.75 Å². The van der Waals surface area contributed by atoms with E-state index in [0.29, 0.717) is 11.5 Å². The van der Waals surface area contributed by atoms with Gasteiger partial charge in [-0.15, -0.1) is 0 Å². The van der Waals surface area contributed by atoms with E-state index in [4.69, 9.17) is 16.3 Å². The van der Waals surface area contributed by atoms with Gasteiger partial charge in [-0.3, -0.25) is 0 Å². The van der Waals surface area contributed by atoms with Gasteiger partial charge in [-0.25, -0.2) is 9.18 Å². The highest BCUT2D eigenvalue weighted by atomic mass is 35.5. The van der Waals surface area contributed by atoms with Crippen LogP contribution in [0.1, 0.15) is 93.0 Å². The molecule has 2 saturated carbocycles. The minimum Gasteiger partial charge on any atom is -0.423 e. The Morgan fingerprint density at radius 3 is 2.16 bits per heavy atom.